The number of nitrogens with zero attached hydrogens (tertiary/aromatic N) is 2. The number of rotatable bonds is 6. The molecule has 2 aromatic carbocycles. The molecule has 8 heteroatoms. The van der Waals surface area contributed by atoms with Crippen molar-refractivity contribution in [1.82, 2.24) is 20.4 Å². The zero-order chi connectivity index (χ0) is 22.4. The van der Waals surface area contributed by atoms with Crippen molar-refractivity contribution >= 4 is 17.9 Å². The summed E-state index contributed by atoms with van der Waals surface area (Å²) in [7, 11) is 1.39. The van der Waals surface area contributed by atoms with Crippen molar-refractivity contribution in [3.63, 3.8) is 0 Å². The SMILES string of the molecule is CNC(=O)NC(=O)[C@H](OC(=O)Cc1c(C)nn(-c2ccccc2)c1C)c1ccccc1. The number of para-hydroxylation sites is 1. The van der Waals surface area contributed by atoms with Gasteiger partial charge in [-0.2, -0.15) is 5.10 Å². The van der Waals surface area contributed by atoms with Crippen LogP contribution < -0.4 is 10.6 Å². The Morgan fingerprint density at radius 3 is 2.23 bits per heavy atom. The number of imide groups is 1. The van der Waals surface area contributed by atoms with Crippen molar-refractivity contribution in [3.8, 4) is 5.69 Å². The number of benzene rings is 2. The molecular formula is C23H24N4O4. The number of hydrogen-bond donors (Lipinski definition) is 2. The molecule has 0 aliphatic rings. The Morgan fingerprint density at radius 2 is 1.61 bits per heavy atom. The lowest BCUT2D eigenvalue weighted by Crippen LogP contribution is -2.41. The molecule has 3 aromatic rings. The number of carbonyl (C=O) groups excluding carboxylic acids is 3. The number of hydrogen-bond acceptors (Lipinski definition) is 5. The van der Waals surface area contributed by atoms with Crippen LogP contribution in [0.4, 0.5) is 4.79 Å². The van der Waals surface area contributed by atoms with E-state index in [0.29, 0.717) is 11.3 Å². The summed E-state index contributed by atoms with van der Waals surface area (Å²) in [6.07, 6.45) is -1.31. The van der Waals surface area contributed by atoms with E-state index in [0.717, 1.165) is 16.9 Å². The molecule has 3 amide bonds. The maximum Gasteiger partial charge on any atom is 0.321 e. The van der Waals surface area contributed by atoms with Crippen LogP contribution in [0.5, 0.6) is 0 Å². The summed E-state index contributed by atoms with van der Waals surface area (Å²) >= 11 is 0. The molecule has 0 saturated carbocycles. The van der Waals surface area contributed by atoms with Crippen molar-refractivity contribution in [3.05, 3.63) is 83.2 Å². The first-order valence-corrected chi connectivity index (χ1v) is 9.78. The quantitative estimate of drug-likeness (QED) is 0.597. The van der Waals surface area contributed by atoms with E-state index in [1.807, 2.05) is 44.2 Å². The van der Waals surface area contributed by atoms with E-state index >= 15 is 0 Å². The van der Waals surface area contributed by atoms with Gasteiger partial charge in [-0.25, -0.2) is 9.48 Å². The van der Waals surface area contributed by atoms with Gasteiger partial charge in [0.2, 0.25) is 6.10 Å². The van der Waals surface area contributed by atoms with Crippen LogP contribution in [-0.4, -0.2) is 34.7 Å². The Kier molecular flexibility index (Phi) is 6.81. The van der Waals surface area contributed by atoms with Crippen LogP contribution in [0.1, 0.15) is 28.6 Å². The normalized spacial score (nSPS) is 11.5. The number of aromatic nitrogens is 2. The highest BCUT2D eigenvalue weighted by Crippen LogP contribution is 2.22. The Balaban J connectivity index is 1.81. The number of esters is 1. The minimum Gasteiger partial charge on any atom is -0.447 e. The third-order valence-electron chi connectivity index (χ3n) is 4.82. The van der Waals surface area contributed by atoms with Gasteiger partial charge >= 0.3 is 12.0 Å². The van der Waals surface area contributed by atoms with Gasteiger partial charge in [0.1, 0.15) is 0 Å². The lowest BCUT2D eigenvalue weighted by Gasteiger charge is -2.17. The number of amides is 3. The molecule has 160 valence electrons. The van der Waals surface area contributed by atoms with Crippen molar-refractivity contribution in [2.24, 2.45) is 0 Å². The number of nitrogens with one attached hydrogen (secondary N) is 2. The predicted octanol–water partition coefficient (Wildman–Crippen LogP) is 2.77. The third-order valence-corrected chi connectivity index (χ3v) is 4.82. The standard InChI is InChI=1S/C23H24N4O4/c1-15-19(16(2)27(26-15)18-12-8-5-9-13-18)14-20(28)31-21(17-10-6-4-7-11-17)22(29)25-23(30)24-3/h4-13,21H,14H2,1-3H3,(H2,24,25,29,30)/t21-/m1/s1. The molecule has 1 atom stereocenters. The molecule has 0 radical (unpaired) electrons. The molecule has 1 heterocycles. The molecule has 0 spiro atoms. The monoisotopic (exact) mass is 420 g/mol. The van der Waals surface area contributed by atoms with Crippen molar-refractivity contribution < 1.29 is 19.1 Å². The zero-order valence-electron chi connectivity index (χ0n) is 17.6. The second-order valence-electron chi connectivity index (χ2n) is 6.92. The highest BCUT2D eigenvalue weighted by Gasteiger charge is 2.27. The predicted molar refractivity (Wildman–Crippen MR) is 115 cm³/mol. The van der Waals surface area contributed by atoms with E-state index in [9.17, 15) is 14.4 Å². The van der Waals surface area contributed by atoms with Crippen LogP contribution in [0, 0.1) is 13.8 Å². The van der Waals surface area contributed by atoms with Crippen LogP contribution in [0.15, 0.2) is 60.7 Å². The topological polar surface area (TPSA) is 102 Å². The fourth-order valence-corrected chi connectivity index (χ4v) is 3.21. The number of carbonyl (C=O) groups is 3. The summed E-state index contributed by atoms with van der Waals surface area (Å²) in [6, 6.07) is 17.5. The molecule has 0 unspecified atom stereocenters. The maximum atomic E-state index is 12.8. The van der Waals surface area contributed by atoms with Gasteiger partial charge in [0.25, 0.3) is 5.91 Å². The zero-order valence-corrected chi connectivity index (χ0v) is 17.6. The summed E-state index contributed by atoms with van der Waals surface area (Å²) in [5.74, 6) is -1.33. The van der Waals surface area contributed by atoms with Gasteiger partial charge in [0.15, 0.2) is 0 Å². The Bertz CT molecular complexity index is 1080. The largest absolute Gasteiger partial charge is 0.447 e. The van der Waals surface area contributed by atoms with Gasteiger partial charge in [-0.3, -0.25) is 14.9 Å². The summed E-state index contributed by atoms with van der Waals surface area (Å²) in [4.78, 5) is 36.9. The molecule has 3 rings (SSSR count). The molecule has 0 aliphatic heterocycles. The first kappa shape index (κ1) is 21.8. The van der Waals surface area contributed by atoms with Crippen molar-refractivity contribution in [2.75, 3.05) is 7.05 Å². The van der Waals surface area contributed by atoms with Crippen LogP contribution in [0.2, 0.25) is 0 Å². The number of ether oxygens (including phenoxy) is 1. The maximum absolute atomic E-state index is 12.8. The molecular weight excluding hydrogens is 396 g/mol. The second-order valence-corrected chi connectivity index (χ2v) is 6.92. The van der Waals surface area contributed by atoms with Crippen molar-refractivity contribution in [2.45, 2.75) is 26.4 Å². The third kappa shape index (κ3) is 5.16. The van der Waals surface area contributed by atoms with Crippen LogP contribution in [0.3, 0.4) is 0 Å². The Morgan fingerprint density at radius 1 is 1.00 bits per heavy atom. The summed E-state index contributed by atoms with van der Waals surface area (Å²) in [5.41, 5.74) is 3.59. The molecule has 1 aromatic heterocycles. The average Bonchev–Trinajstić information content (AvgIpc) is 3.06. The van der Waals surface area contributed by atoms with Gasteiger partial charge < -0.3 is 10.1 Å². The van der Waals surface area contributed by atoms with Crippen LogP contribution in [-0.2, 0) is 20.7 Å². The molecule has 31 heavy (non-hydrogen) atoms. The lowest BCUT2D eigenvalue weighted by atomic mass is 10.1. The summed E-state index contributed by atoms with van der Waals surface area (Å²) in [5, 5.41) is 9.00. The van der Waals surface area contributed by atoms with Crippen molar-refractivity contribution in [1.29, 1.82) is 0 Å². The smallest absolute Gasteiger partial charge is 0.321 e. The highest BCUT2D eigenvalue weighted by molar-refractivity contribution is 5.97. The van der Waals surface area contributed by atoms with Gasteiger partial charge in [-0.15, -0.1) is 0 Å². The minimum absolute atomic E-state index is 0.0545. The second kappa shape index (κ2) is 9.71. The van der Waals surface area contributed by atoms with E-state index in [2.05, 4.69) is 15.7 Å². The van der Waals surface area contributed by atoms with Gasteiger partial charge in [0.05, 0.1) is 17.8 Å². The molecule has 0 fully saturated rings. The fourth-order valence-electron chi connectivity index (χ4n) is 3.21. The summed E-state index contributed by atoms with van der Waals surface area (Å²) < 4.78 is 7.27. The molecule has 8 nitrogen and oxygen atoms in total. The minimum atomic E-state index is -1.25. The van der Waals surface area contributed by atoms with E-state index in [1.165, 1.54) is 7.05 Å². The lowest BCUT2D eigenvalue weighted by molar-refractivity contribution is -0.155. The first-order valence-electron chi connectivity index (χ1n) is 9.78. The Hall–Kier alpha value is -3.94. The molecule has 2 N–H and O–H groups in total. The highest BCUT2D eigenvalue weighted by atomic mass is 16.5. The van der Waals surface area contributed by atoms with Crippen LogP contribution in [0.25, 0.3) is 5.69 Å². The van der Waals surface area contributed by atoms with E-state index in [1.54, 1.807) is 35.0 Å². The summed E-state index contributed by atoms with van der Waals surface area (Å²) in [6.45, 7) is 3.70. The van der Waals surface area contributed by atoms with Gasteiger partial charge in [-0.1, -0.05) is 48.5 Å². The number of aryl methyl sites for hydroxylation is 1. The van der Waals surface area contributed by atoms with E-state index in [4.69, 9.17) is 4.74 Å². The number of urea groups is 1. The first-order chi connectivity index (χ1) is 14.9. The van der Waals surface area contributed by atoms with E-state index < -0.39 is 24.0 Å². The molecule has 0 aliphatic carbocycles. The van der Waals surface area contributed by atoms with Gasteiger partial charge in [0, 0.05) is 23.9 Å². The fraction of sp³-hybridized carbons (Fsp3) is 0.217. The molecule has 0 bridgehead atoms. The average molecular weight is 420 g/mol. The van der Waals surface area contributed by atoms with E-state index in [-0.39, 0.29) is 6.42 Å². The molecule has 0 saturated heterocycles. The van der Waals surface area contributed by atoms with Gasteiger partial charge in [-0.05, 0) is 26.0 Å². The van der Waals surface area contributed by atoms with Crippen LogP contribution >= 0.6 is 0 Å². The Labute approximate surface area is 180 Å².